The van der Waals surface area contributed by atoms with E-state index in [0.717, 1.165) is 5.56 Å². The highest BCUT2D eigenvalue weighted by atomic mass is 16.7. The van der Waals surface area contributed by atoms with E-state index < -0.39 is 6.10 Å². The quantitative estimate of drug-likeness (QED) is 0.698. The number of rotatable bonds is 5. The van der Waals surface area contributed by atoms with Gasteiger partial charge >= 0.3 is 5.97 Å². The van der Waals surface area contributed by atoms with Crippen LogP contribution in [0.4, 0.5) is 0 Å². The molecule has 3 aliphatic rings. The number of fused-ring (bicyclic) bond motifs is 2. The maximum Gasteiger partial charge on any atom is 0.306 e. The Morgan fingerprint density at radius 3 is 2.63 bits per heavy atom. The SMILES string of the molecule is O=C1CC[C@@H](C(=O)N(Cc2cccc3c2OCO3)C[C@@H]2COc3ccccc3O2)O1. The zero-order valence-corrected chi connectivity index (χ0v) is 16.2. The number of benzene rings is 2. The van der Waals surface area contributed by atoms with Gasteiger partial charge in [-0.1, -0.05) is 24.3 Å². The molecule has 1 fully saturated rings. The van der Waals surface area contributed by atoms with E-state index in [9.17, 15) is 9.59 Å². The Hall–Kier alpha value is -3.42. The molecule has 3 heterocycles. The molecule has 0 radical (unpaired) electrons. The Kier molecular flexibility index (Phi) is 4.82. The number of para-hydroxylation sites is 3. The molecule has 0 spiro atoms. The number of amides is 1. The smallest absolute Gasteiger partial charge is 0.306 e. The number of nitrogens with zero attached hydrogens (tertiary/aromatic N) is 1. The van der Waals surface area contributed by atoms with Gasteiger partial charge in [0.1, 0.15) is 6.61 Å². The van der Waals surface area contributed by atoms with Crippen LogP contribution in [-0.2, 0) is 20.9 Å². The summed E-state index contributed by atoms with van der Waals surface area (Å²) in [7, 11) is 0. The summed E-state index contributed by atoms with van der Waals surface area (Å²) in [6.45, 7) is 1.03. The van der Waals surface area contributed by atoms with Gasteiger partial charge in [0, 0.05) is 24.9 Å². The summed E-state index contributed by atoms with van der Waals surface area (Å²) < 4.78 is 28.1. The Labute approximate surface area is 173 Å². The van der Waals surface area contributed by atoms with Crippen LogP contribution < -0.4 is 18.9 Å². The van der Waals surface area contributed by atoms with Gasteiger partial charge in [0.05, 0.1) is 6.54 Å². The van der Waals surface area contributed by atoms with Crippen molar-refractivity contribution in [2.75, 3.05) is 19.9 Å². The molecule has 8 nitrogen and oxygen atoms in total. The summed E-state index contributed by atoms with van der Waals surface area (Å²) in [4.78, 5) is 26.4. The predicted molar refractivity (Wildman–Crippen MR) is 103 cm³/mol. The maximum absolute atomic E-state index is 13.2. The molecule has 0 aliphatic carbocycles. The van der Waals surface area contributed by atoms with Crippen molar-refractivity contribution in [3.05, 3.63) is 48.0 Å². The second kappa shape index (κ2) is 7.78. The Morgan fingerprint density at radius 1 is 0.967 bits per heavy atom. The second-order valence-corrected chi connectivity index (χ2v) is 7.38. The van der Waals surface area contributed by atoms with Crippen LogP contribution in [0.5, 0.6) is 23.0 Å². The van der Waals surface area contributed by atoms with Gasteiger partial charge in [0.25, 0.3) is 5.91 Å². The third kappa shape index (κ3) is 3.60. The standard InChI is InChI=1S/C22H21NO7/c24-20-9-8-19(30-20)22(25)23(10-14-4-3-7-18-21(14)28-13-27-18)11-15-12-26-16-5-1-2-6-17(16)29-15/h1-7,15,19H,8-13H2/t15-,19+/m1/s1. The fourth-order valence-electron chi connectivity index (χ4n) is 3.86. The molecule has 8 heteroatoms. The summed E-state index contributed by atoms with van der Waals surface area (Å²) >= 11 is 0. The molecule has 0 bridgehead atoms. The van der Waals surface area contributed by atoms with Crippen LogP contribution in [0.15, 0.2) is 42.5 Å². The van der Waals surface area contributed by atoms with Crippen LogP contribution in [0.2, 0.25) is 0 Å². The van der Waals surface area contributed by atoms with E-state index in [4.69, 9.17) is 23.7 Å². The monoisotopic (exact) mass is 411 g/mol. The van der Waals surface area contributed by atoms with Gasteiger partial charge in [-0.25, -0.2) is 0 Å². The fourth-order valence-corrected chi connectivity index (χ4v) is 3.86. The minimum atomic E-state index is -0.775. The van der Waals surface area contributed by atoms with Gasteiger partial charge in [-0.3, -0.25) is 9.59 Å². The van der Waals surface area contributed by atoms with E-state index >= 15 is 0 Å². The molecular weight excluding hydrogens is 390 g/mol. The molecule has 156 valence electrons. The van der Waals surface area contributed by atoms with Gasteiger partial charge in [0.15, 0.2) is 35.2 Å². The van der Waals surface area contributed by atoms with Crippen molar-refractivity contribution in [3.63, 3.8) is 0 Å². The van der Waals surface area contributed by atoms with Gasteiger partial charge in [-0.2, -0.15) is 0 Å². The first-order valence-corrected chi connectivity index (χ1v) is 9.91. The summed E-state index contributed by atoms with van der Waals surface area (Å²) in [5.41, 5.74) is 0.819. The summed E-state index contributed by atoms with van der Waals surface area (Å²) in [5, 5.41) is 0. The van der Waals surface area contributed by atoms with Crippen LogP contribution in [0, 0.1) is 0 Å². The highest BCUT2D eigenvalue weighted by molar-refractivity contribution is 5.86. The zero-order valence-electron chi connectivity index (χ0n) is 16.2. The zero-order chi connectivity index (χ0) is 20.5. The average Bonchev–Trinajstić information content (AvgIpc) is 3.42. The van der Waals surface area contributed by atoms with Crippen molar-refractivity contribution in [2.24, 2.45) is 0 Å². The Morgan fingerprint density at radius 2 is 1.80 bits per heavy atom. The lowest BCUT2D eigenvalue weighted by atomic mass is 10.1. The van der Waals surface area contributed by atoms with Gasteiger partial charge in [0.2, 0.25) is 6.79 Å². The number of esters is 1. The first kappa shape index (κ1) is 18.6. The first-order valence-electron chi connectivity index (χ1n) is 9.91. The minimum Gasteiger partial charge on any atom is -0.486 e. The summed E-state index contributed by atoms with van der Waals surface area (Å²) in [6, 6.07) is 13.0. The third-order valence-corrected chi connectivity index (χ3v) is 5.30. The molecule has 0 aromatic heterocycles. The van der Waals surface area contributed by atoms with Gasteiger partial charge in [-0.15, -0.1) is 0 Å². The topological polar surface area (TPSA) is 83.5 Å². The lowest BCUT2D eigenvalue weighted by molar-refractivity contribution is -0.154. The molecule has 1 amide bonds. The molecule has 2 aromatic rings. The molecule has 2 atom stereocenters. The molecule has 0 saturated carbocycles. The fraction of sp³-hybridized carbons (Fsp3) is 0.364. The van der Waals surface area contributed by atoms with E-state index in [1.54, 1.807) is 4.90 Å². The largest absolute Gasteiger partial charge is 0.486 e. The summed E-state index contributed by atoms with van der Waals surface area (Å²) in [5.74, 6) is 2.01. The number of ether oxygens (including phenoxy) is 5. The number of hydrogen-bond donors (Lipinski definition) is 0. The normalized spacial score (nSPS) is 21.3. The van der Waals surface area contributed by atoms with Crippen molar-refractivity contribution >= 4 is 11.9 Å². The molecule has 1 saturated heterocycles. The molecule has 2 aromatic carbocycles. The van der Waals surface area contributed by atoms with Crippen LogP contribution in [0.1, 0.15) is 18.4 Å². The van der Waals surface area contributed by atoms with Gasteiger partial charge in [-0.05, 0) is 18.2 Å². The first-order chi connectivity index (χ1) is 14.7. The number of cyclic esters (lactones) is 1. The highest BCUT2D eigenvalue weighted by Crippen LogP contribution is 2.36. The molecular formula is C22H21NO7. The van der Waals surface area contributed by atoms with E-state index in [0.29, 0.717) is 36.0 Å². The van der Waals surface area contributed by atoms with Crippen molar-refractivity contribution in [1.82, 2.24) is 4.90 Å². The Bertz CT molecular complexity index is 976. The molecule has 3 aliphatic heterocycles. The van der Waals surface area contributed by atoms with Crippen LogP contribution in [0.3, 0.4) is 0 Å². The minimum absolute atomic E-state index is 0.150. The number of hydrogen-bond acceptors (Lipinski definition) is 7. The van der Waals surface area contributed by atoms with E-state index in [1.807, 2.05) is 42.5 Å². The molecule has 0 unspecified atom stereocenters. The van der Waals surface area contributed by atoms with E-state index in [1.165, 1.54) is 0 Å². The maximum atomic E-state index is 13.2. The Balaban J connectivity index is 1.37. The summed E-state index contributed by atoms with van der Waals surface area (Å²) in [6.07, 6.45) is -0.498. The number of carbonyl (C=O) groups excluding carboxylic acids is 2. The van der Waals surface area contributed by atoms with E-state index in [2.05, 4.69) is 0 Å². The lowest BCUT2D eigenvalue weighted by Crippen LogP contribution is -2.46. The van der Waals surface area contributed by atoms with Crippen LogP contribution >= 0.6 is 0 Å². The average molecular weight is 411 g/mol. The van der Waals surface area contributed by atoms with Gasteiger partial charge < -0.3 is 28.6 Å². The number of carbonyl (C=O) groups is 2. The van der Waals surface area contributed by atoms with Crippen LogP contribution in [-0.4, -0.2) is 48.9 Å². The van der Waals surface area contributed by atoms with Crippen LogP contribution in [0.25, 0.3) is 0 Å². The molecule has 5 rings (SSSR count). The van der Waals surface area contributed by atoms with Crippen molar-refractivity contribution < 1.29 is 33.3 Å². The lowest BCUT2D eigenvalue weighted by Gasteiger charge is -2.32. The molecule has 30 heavy (non-hydrogen) atoms. The molecule has 0 N–H and O–H groups in total. The van der Waals surface area contributed by atoms with Crippen molar-refractivity contribution in [3.8, 4) is 23.0 Å². The van der Waals surface area contributed by atoms with Crippen molar-refractivity contribution in [1.29, 1.82) is 0 Å². The van der Waals surface area contributed by atoms with Crippen molar-refractivity contribution in [2.45, 2.75) is 31.6 Å². The third-order valence-electron chi connectivity index (χ3n) is 5.30. The predicted octanol–water partition coefficient (Wildman–Crippen LogP) is 2.29. The highest BCUT2D eigenvalue weighted by Gasteiger charge is 2.36. The second-order valence-electron chi connectivity index (χ2n) is 7.38. The van der Waals surface area contributed by atoms with E-state index in [-0.39, 0.29) is 44.3 Å².